The molecule has 0 radical (unpaired) electrons. The molecule has 0 aromatic rings. The SMILES string of the molecule is CCCCCCCCCCCCCCCCCC(=O)C(CCCCCCCCCCCC)(C(=O)O)C(CCCCCCCC)CCCCCCCCCCCCCCC. The summed E-state index contributed by atoms with van der Waals surface area (Å²) in [7, 11) is 0. The maximum atomic E-state index is 14.5. The lowest BCUT2D eigenvalue weighted by molar-refractivity contribution is -0.161. The number of carboxylic acids is 1. The number of carbonyl (C=O) groups is 2. The van der Waals surface area contributed by atoms with Gasteiger partial charge in [0.15, 0.2) is 0 Å². The third kappa shape index (κ3) is 35.3. The van der Waals surface area contributed by atoms with Crippen LogP contribution in [-0.2, 0) is 9.59 Å². The van der Waals surface area contributed by atoms with Crippen LogP contribution < -0.4 is 0 Å². The van der Waals surface area contributed by atoms with Gasteiger partial charge in [0.1, 0.15) is 11.2 Å². The van der Waals surface area contributed by atoms with E-state index in [1.807, 2.05) is 0 Å². The van der Waals surface area contributed by atoms with Crippen molar-refractivity contribution >= 4 is 11.8 Å². The van der Waals surface area contributed by atoms with Gasteiger partial charge in [-0.2, -0.15) is 0 Å². The van der Waals surface area contributed by atoms with Gasteiger partial charge in [-0.05, 0) is 31.6 Å². The second kappa shape index (κ2) is 46.6. The number of ketones is 1. The summed E-state index contributed by atoms with van der Waals surface area (Å²) >= 11 is 0. The zero-order chi connectivity index (χ0) is 43.2. The first-order valence-corrected chi connectivity index (χ1v) is 27.8. The van der Waals surface area contributed by atoms with Crippen LogP contribution >= 0.6 is 0 Å². The molecule has 59 heavy (non-hydrogen) atoms. The highest BCUT2D eigenvalue weighted by Gasteiger charge is 2.50. The van der Waals surface area contributed by atoms with Crippen LogP contribution in [0.4, 0.5) is 0 Å². The highest BCUT2D eigenvalue weighted by Crippen LogP contribution is 2.43. The molecule has 0 aliphatic carbocycles. The van der Waals surface area contributed by atoms with Gasteiger partial charge in [0.25, 0.3) is 0 Å². The minimum absolute atomic E-state index is 0.0127. The van der Waals surface area contributed by atoms with Gasteiger partial charge in [-0.3, -0.25) is 9.59 Å². The maximum Gasteiger partial charge on any atom is 0.317 e. The molecule has 2 unspecified atom stereocenters. The highest BCUT2D eigenvalue weighted by molar-refractivity contribution is 6.03. The van der Waals surface area contributed by atoms with Crippen LogP contribution in [0.15, 0.2) is 0 Å². The molecule has 0 bridgehead atoms. The van der Waals surface area contributed by atoms with Crippen molar-refractivity contribution in [1.29, 1.82) is 0 Å². The Hall–Kier alpha value is -0.860. The number of rotatable bonds is 51. The molecule has 0 rings (SSSR count). The number of aliphatic carboxylic acids is 1. The standard InChI is InChI=1S/C56H110O3/c1-5-9-13-17-21-24-27-29-30-32-34-36-39-43-47-51-54(57)56(55(58)59,52-48-44-40-37-26-23-19-15-11-7-3)53(49-45-41-20-16-12-8-4)50-46-42-38-35-33-31-28-25-22-18-14-10-6-2/h53H,5-52H2,1-4H3,(H,58,59). The lowest BCUT2D eigenvalue weighted by Crippen LogP contribution is -2.46. The maximum absolute atomic E-state index is 14.5. The zero-order valence-corrected chi connectivity index (χ0v) is 41.3. The second-order valence-electron chi connectivity index (χ2n) is 19.6. The van der Waals surface area contributed by atoms with Crippen molar-refractivity contribution in [1.82, 2.24) is 0 Å². The molecule has 0 saturated carbocycles. The van der Waals surface area contributed by atoms with Gasteiger partial charge >= 0.3 is 5.97 Å². The quantitative estimate of drug-likeness (QED) is 0.0491. The van der Waals surface area contributed by atoms with E-state index in [9.17, 15) is 14.7 Å². The molecule has 0 spiro atoms. The van der Waals surface area contributed by atoms with Gasteiger partial charge in [-0.1, -0.05) is 304 Å². The first kappa shape index (κ1) is 58.1. The van der Waals surface area contributed by atoms with E-state index in [1.165, 1.54) is 244 Å². The number of carboxylic acid groups (broad SMARTS) is 1. The molecule has 0 heterocycles. The molecule has 1 N–H and O–H groups in total. The van der Waals surface area contributed by atoms with E-state index >= 15 is 0 Å². The van der Waals surface area contributed by atoms with E-state index in [4.69, 9.17) is 0 Å². The summed E-state index contributed by atoms with van der Waals surface area (Å²) < 4.78 is 0. The Labute approximate surface area is 372 Å². The van der Waals surface area contributed by atoms with Crippen LogP contribution in [0, 0.1) is 11.3 Å². The average Bonchev–Trinajstić information content (AvgIpc) is 3.23. The fourth-order valence-corrected chi connectivity index (χ4v) is 9.96. The molecule has 3 nitrogen and oxygen atoms in total. The Bertz CT molecular complexity index is 852. The van der Waals surface area contributed by atoms with Crippen LogP contribution in [0.5, 0.6) is 0 Å². The van der Waals surface area contributed by atoms with Crippen molar-refractivity contribution in [3.63, 3.8) is 0 Å². The predicted molar refractivity (Wildman–Crippen MR) is 263 cm³/mol. The summed E-state index contributed by atoms with van der Waals surface area (Å²) in [6.45, 7) is 9.13. The average molecular weight is 831 g/mol. The van der Waals surface area contributed by atoms with Gasteiger partial charge in [-0.25, -0.2) is 0 Å². The molecule has 0 aliphatic rings. The molecule has 0 aromatic heterocycles. The minimum Gasteiger partial charge on any atom is -0.480 e. The van der Waals surface area contributed by atoms with Gasteiger partial charge in [0.05, 0.1) is 0 Å². The number of hydrogen-bond donors (Lipinski definition) is 1. The third-order valence-electron chi connectivity index (χ3n) is 14.1. The van der Waals surface area contributed by atoms with Gasteiger partial charge < -0.3 is 5.11 Å². The van der Waals surface area contributed by atoms with Crippen molar-refractivity contribution in [3.8, 4) is 0 Å². The van der Waals surface area contributed by atoms with E-state index in [0.717, 1.165) is 51.4 Å². The molecule has 0 fully saturated rings. The fourth-order valence-electron chi connectivity index (χ4n) is 9.96. The van der Waals surface area contributed by atoms with E-state index in [-0.39, 0.29) is 11.7 Å². The van der Waals surface area contributed by atoms with Crippen molar-refractivity contribution in [2.75, 3.05) is 0 Å². The smallest absolute Gasteiger partial charge is 0.317 e. The first-order valence-electron chi connectivity index (χ1n) is 27.8. The molecule has 0 saturated heterocycles. The first-order chi connectivity index (χ1) is 29.0. The predicted octanol–water partition coefficient (Wildman–Crippen LogP) is 20.0. The molecule has 2 atom stereocenters. The molecular weight excluding hydrogens is 721 g/mol. The normalized spacial score (nSPS) is 13.2. The Morgan fingerprint density at radius 1 is 0.322 bits per heavy atom. The number of hydrogen-bond acceptors (Lipinski definition) is 2. The van der Waals surface area contributed by atoms with Crippen molar-refractivity contribution in [2.24, 2.45) is 11.3 Å². The van der Waals surface area contributed by atoms with E-state index in [2.05, 4.69) is 27.7 Å². The minimum atomic E-state index is -1.18. The second-order valence-corrected chi connectivity index (χ2v) is 19.6. The Morgan fingerprint density at radius 3 is 0.797 bits per heavy atom. The molecule has 0 aromatic carbocycles. The van der Waals surface area contributed by atoms with Gasteiger partial charge in [0, 0.05) is 6.42 Å². The fraction of sp³-hybridized carbons (Fsp3) is 0.964. The van der Waals surface area contributed by atoms with Crippen LogP contribution in [-0.4, -0.2) is 16.9 Å². The molecule has 3 heteroatoms. The van der Waals surface area contributed by atoms with Crippen molar-refractivity contribution in [3.05, 3.63) is 0 Å². The van der Waals surface area contributed by atoms with Crippen molar-refractivity contribution < 1.29 is 14.7 Å². The summed E-state index contributed by atoms with van der Waals surface area (Å²) in [5, 5.41) is 11.2. The molecule has 0 aliphatic heterocycles. The topological polar surface area (TPSA) is 54.4 Å². The van der Waals surface area contributed by atoms with Crippen LogP contribution in [0.3, 0.4) is 0 Å². The number of Topliss-reactive ketones (excluding diaryl/α,β-unsaturated/α-hetero) is 1. The third-order valence-corrected chi connectivity index (χ3v) is 14.1. The number of carbonyl (C=O) groups excluding carboxylic acids is 1. The summed E-state index contributed by atoms with van der Waals surface area (Å²) in [5.74, 6) is -0.715. The summed E-state index contributed by atoms with van der Waals surface area (Å²) in [6.07, 6.45) is 59.4. The molecular formula is C56H110O3. The van der Waals surface area contributed by atoms with Gasteiger partial charge in [-0.15, -0.1) is 0 Å². The van der Waals surface area contributed by atoms with Crippen LogP contribution in [0.25, 0.3) is 0 Å². The lowest BCUT2D eigenvalue weighted by atomic mass is 9.64. The van der Waals surface area contributed by atoms with E-state index in [0.29, 0.717) is 12.8 Å². The monoisotopic (exact) mass is 831 g/mol. The van der Waals surface area contributed by atoms with Crippen LogP contribution in [0.1, 0.15) is 336 Å². The van der Waals surface area contributed by atoms with Gasteiger partial charge in [0.2, 0.25) is 0 Å². The highest BCUT2D eigenvalue weighted by atomic mass is 16.4. The zero-order valence-electron chi connectivity index (χ0n) is 41.3. The van der Waals surface area contributed by atoms with Crippen molar-refractivity contribution in [2.45, 2.75) is 336 Å². The Morgan fingerprint density at radius 2 is 0.542 bits per heavy atom. The largest absolute Gasteiger partial charge is 0.480 e. The summed E-state index contributed by atoms with van der Waals surface area (Å²) in [5.41, 5.74) is -1.18. The summed E-state index contributed by atoms with van der Waals surface area (Å²) in [4.78, 5) is 28.1. The Balaban J connectivity index is 5.24. The summed E-state index contributed by atoms with van der Waals surface area (Å²) in [6, 6.07) is 0. The number of unbranched alkanes of at least 4 members (excludes halogenated alkanes) is 40. The molecule has 352 valence electrons. The van der Waals surface area contributed by atoms with E-state index in [1.54, 1.807) is 0 Å². The molecule has 0 amide bonds. The van der Waals surface area contributed by atoms with E-state index < -0.39 is 11.4 Å². The Kier molecular flexibility index (Phi) is 46.0. The van der Waals surface area contributed by atoms with Crippen LogP contribution in [0.2, 0.25) is 0 Å². The lowest BCUT2D eigenvalue weighted by Gasteiger charge is -2.37.